The highest BCUT2D eigenvalue weighted by atomic mass is 16.5. The van der Waals surface area contributed by atoms with E-state index in [1.807, 2.05) is 0 Å². The molecule has 0 amide bonds. The zero-order valence-corrected chi connectivity index (χ0v) is 13.1. The average molecular weight is 298 g/mol. The number of benzene rings is 2. The summed E-state index contributed by atoms with van der Waals surface area (Å²) >= 11 is 0. The number of unbranched alkanes of at least 4 members (excludes halogenated alkanes) is 1. The topological polar surface area (TPSA) is 46.5 Å². The molecule has 0 heterocycles. The van der Waals surface area contributed by atoms with E-state index >= 15 is 0 Å². The van der Waals surface area contributed by atoms with Crippen LogP contribution >= 0.6 is 0 Å². The highest BCUT2D eigenvalue weighted by Gasteiger charge is 2.07. The van der Waals surface area contributed by atoms with E-state index in [4.69, 9.17) is 4.74 Å². The monoisotopic (exact) mass is 298 g/mol. The first kappa shape index (κ1) is 16.1. The fourth-order valence-electron chi connectivity index (χ4n) is 2.27. The summed E-state index contributed by atoms with van der Waals surface area (Å²) in [5, 5.41) is 9.73. The molecule has 2 rings (SSSR count). The Bertz CT molecular complexity index is 630. The van der Waals surface area contributed by atoms with Crippen LogP contribution in [0.4, 0.5) is 0 Å². The zero-order valence-electron chi connectivity index (χ0n) is 13.1. The lowest BCUT2D eigenvalue weighted by atomic mass is 10.1. The van der Waals surface area contributed by atoms with Crippen LogP contribution in [-0.2, 0) is 6.42 Å². The van der Waals surface area contributed by atoms with Crippen molar-refractivity contribution in [1.82, 2.24) is 0 Å². The average Bonchev–Trinajstić information content (AvgIpc) is 2.48. The van der Waals surface area contributed by atoms with Crippen LogP contribution in [0.25, 0.3) is 0 Å². The van der Waals surface area contributed by atoms with Crippen molar-refractivity contribution >= 4 is 5.78 Å². The summed E-state index contributed by atoms with van der Waals surface area (Å²) in [4.78, 5) is 11.2. The van der Waals surface area contributed by atoms with Gasteiger partial charge < -0.3 is 9.84 Å². The van der Waals surface area contributed by atoms with E-state index < -0.39 is 0 Å². The summed E-state index contributed by atoms with van der Waals surface area (Å²) in [7, 11) is 0. The number of Topliss-reactive ketones (excluding diaryl/α,β-unsaturated/α-hetero) is 1. The van der Waals surface area contributed by atoms with E-state index in [2.05, 4.69) is 31.2 Å². The molecule has 0 aromatic heterocycles. The number of ether oxygens (including phenoxy) is 1. The quantitative estimate of drug-likeness (QED) is 0.612. The van der Waals surface area contributed by atoms with Crippen LogP contribution in [0.2, 0.25) is 0 Å². The normalized spacial score (nSPS) is 10.5. The third kappa shape index (κ3) is 4.62. The first-order chi connectivity index (χ1) is 10.6. The van der Waals surface area contributed by atoms with Gasteiger partial charge in [0.1, 0.15) is 11.5 Å². The van der Waals surface area contributed by atoms with E-state index in [1.54, 1.807) is 12.1 Å². The number of carbonyl (C=O) groups is 1. The third-order valence-electron chi connectivity index (χ3n) is 3.60. The molecule has 0 saturated carbocycles. The summed E-state index contributed by atoms with van der Waals surface area (Å²) in [5.74, 6) is 0.421. The van der Waals surface area contributed by atoms with Gasteiger partial charge >= 0.3 is 0 Å². The van der Waals surface area contributed by atoms with Gasteiger partial charge in [0.2, 0.25) is 0 Å². The number of rotatable bonds is 7. The minimum atomic E-state index is -0.151. The fraction of sp³-hybridized carbons (Fsp3) is 0.316. The minimum Gasteiger partial charge on any atom is -0.507 e. The summed E-state index contributed by atoms with van der Waals surface area (Å²) in [6, 6.07) is 13.4. The number of phenolic OH excluding ortho intramolecular Hbond substituents is 1. The molecule has 0 bridgehead atoms. The standard InChI is InChI=1S/C19H22O3/c1-14-6-8-16(9-7-14)5-3-4-12-22-17-10-11-18(15(2)20)19(21)13-17/h6-11,13,21H,3-5,12H2,1-2H3. The van der Waals surface area contributed by atoms with E-state index in [1.165, 1.54) is 24.1 Å². The van der Waals surface area contributed by atoms with E-state index in [-0.39, 0.29) is 11.5 Å². The molecule has 1 N–H and O–H groups in total. The summed E-state index contributed by atoms with van der Waals surface area (Å²) < 4.78 is 5.61. The Morgan fingerprint density at radius 1 is 1.09 bits per heavy atom. The zero-order chi connectivity index (χ0) is 15.9. The van der Waals surface area contributed by atoms with Crippen molar-refractivity contribution in [3.63, 3.8) is 0 Å². The Morgan fingerprint density at radius 2 is 1.82 bits per heavy atom. The molecule has 116 valence electrons. The Labute approximate surface area is 131 Å². The number of hydrogen-bond donors (Lipinski definition) is 1. The molecule has 22 heavy (non-hydrogen) atoms. The maximum atomic E-state index is 11.2. The first-order valence-corrected chi connectivity index (χ1v) is 7.58. The maximum Gasteiger partial charge on any atom is 0.163 e. The number of aromatic hydroxyl groups is 1. The van der Waals surface area contributed by atoms with Gasteiger partial charge in [0, 0.05) is 6.07 Å². The molecule has 0 radical (unpaired) electrons. The number of aryl methyl sites for hydroxylation is 2. The van der Waals surface area contributed by atoms with Crippen LogP contribution in [0.5, 0.6) is 11.5 Å². The van der Waals surface area contributed by atoms with Crippen molar-refractivity contribution in [2.75, 3.05) is 6.61 Å². The molecule has 2 aromatic rings. The minimum absolute atomic E-state index is 0.0235. The Hall–Kier alpha value is -2.29. The van der Waals surface area contributed by atoms with Crippen LogP contribution in [0, 0.1) is 6.92 Å². The number of hydrogen-bond acceptors (Lipinski definition) is 3. The van der Waals surface area contributed by atoms with E-state index in [0.29, 0.717) is 17.9 Å². The van der Waals surface area contributed by atoms with Gasteiger partial charge in [-0.25, -0.2) is 0 Å². The lowest BCUT2D eigenvalue weighted by Crippen LogP contribution is -1.99. The maximum absolute atomic E-state index is 11.2. The van der Waals surface area contributed by atoms with Crippen molar-refractivity contribution in [2.45, 2.75) is 33.1 Å². The molecule has 0 atom stereocenters. The van der Waals surface area contributed by atoms with Crippen molar-refractivity contribution in [1.29, 1.82) is 0 Å². The third-order valence-corrected chi connectivity index (χ3v) is 3.60. The highest BCUT2D eigenvalue weighted by molar-refractivity contribution is 5.96. The van der Waals surface area contributed by atoms with Crippen molar-refractivity contribution in [3.05, 3.63) is 59.2 Å². The van der Waals surface area contributed by atoms with Crippen LogP contribution in [-0.4, -0.2) is 17.5 Å². The molecule has 0 saturated heterocycles. The van der Waals surface area contributed by atoms with Gasteiger partial charge in [0.15, 0.2) is 5.78 Å². The van der Waals surface area contributed by atoms with E-state index in [9.17, 15) is 9.90 Å². The second-order valence-corrected chi connectivity index (χ2v) is 5.53. The summed E-state index contributed by atoms with van der Waals surface area (Å²) in [6.45, 7) is 4.12. The predicted octanol–water partition coefficient (Wildman–Crippen LogP) is 4.30. The Kier molecular flexibility index (Phi) is 5.59. The van der Waals surface area contributed by atoms with Crippen molar-refractivity contribution in [2.24, 2.45) is 0 Å². The van der Waals surface area contributed by atoms with Crippen molar-refractivity contribution in [3.8, 4) is 11.5 Å². The van der Waals surface area contributed by atoms with Gasteiger partial charge in [-0.05, 0) is 50.8 Å². The van der Waals surface area contributed by atoms with Gasteiger partial charge in [0.25, 0.3) is 0 Å². The molecular weight excluding hydrogens is 276 g/mol. The van der Waals surface area contributed by atoms with Crippen LogP contribution in [0.1, 0.15) is 41.3 Å². The highest BCUT2D eigenvalue weighted by Crippen LogP contribution is 2.24. The molecule has 0 aliphatic carbocycles. The molecular formula is C19H22O3. The Balaban J connectivity index is 1.73. The molecule has 2 aromatic carbocycles. The summed E-state index contributed by atoms with van der Waals surface area (Å²) in [5.41, 5.74) is 2.95. The van der Waals surface area contributed by atoms with Gasteiger partial charge in [0.05, 0.1) is 12.2 Å². The lowest BCUT2D eigenvalue weighted by Gasteiger charge is -2.08. The molecule has 0 unspecified atom stereocenters. The van der Waals surface area contributed by atoms with Crippen LogP contribution in [0.3, 0.4) is 0 Å². The molecule has 0 fully saturated rings. The summed E-state index contributed by atoms with van der Waals surface area (Å²) in [6.07, 6.45) is 3.04. The molecule has 3 nitrogen and oxygen atoms in total. The van der Waals surface area contributed by atoms with Gasteiger partial charge in [-0.15, -0.1) is 0 Å². The second kappa shape index (κ2) is 7.64. The van der Waals surface area contributed by atoms with Crippen LogP contribution in [0.15, 0.2) is 42.5 Å². The largest absolute Gasteiger partial charge is 0.507 e. The molecule has 0 spiro atoms. The Morgan fingerprint density at radius 3 is 2.45 bits per heavy atom. The van der Waals surface area contributed by atoms with Gasteiger partial charge in [-0.1, -0.05) is 29.8 Å². The number of carbonyl (C=O) groups excluding carboxylic acids is 1. The van der Waals surface area contributed by atoms with Gasteiger partial charge in [-0.3, -0.25) is 4.79 Å². The molecule has 0 aliphatic heterocycles. The number of ketones is 1. The van der Waals surface area contributed by atoms with Crippen LogP contribution < -0.4 is 4.74 Å². The molecule has 3 heteroatoms. The fourth-order valence-corrected chi connectivity index (χ4v) is 2.27. The SMILES string of the molecule is CC(=O)c1ccc(OCCCCc2ccc(C)cc2)cc1O. The predicted molar refractivity (Wildman–Crippen MR) is 87.7 cm³/mol. The van der Waals surface area contributed by atoms with E-state index in [0.717, 1.165) is 19.3 Å². The lowest BCUT2D eigenvalue weighted by molar-refractivity contribution is 0.101. The van der Waals surface area contributed by atoms with Gasteiger partial charge in [-0.2, -0.15) is 0 Å². The first-order valence-electron chi connectivity index (χ1n) is 7.58. The second-order valence-electron chi connectivity index (χ2n) is 5.53. The molecule has 0 aliphatic rings. The van der Waals surface area contributed by atoms with Crippen molar-refractivity contribution < 1.29 is 14.6 Å². The number of phenols is 1. The smallest absolute Gasteiger partial charge is 0.163 e.